The molecule has 0 aliphatic heterocycles. The van der Waals surface area contributed by atoms with Crippen LogP contribution in [0.15, 0.2) is 224 Å². The first-order chi connectivity index (χ1) is 29.2. The Morgan fingerprint density at radius 3 is 1.03 bits per heavy atom. The molecule has 274 valence electrons. The number of hydrogen-bond donors (Lipinski definition) is 0. The molecule has 0 saturated heterocycles. The van der Waals surface area contributed by atoms with Gasteiger partial charge >= 0.3 is 0 Å². The molecular formula is C58H37N. The highest BCUT2D eigenvalue weighted by Crippen LogP contribution is 2.40. The van der Waals surface area contributed by atoms with Crippen molar-refractivity contribution in [2.24, 2.45) is 0 Å². The molecule has 12 rings (SSSR count). The lowest BCUT2D eigenvalue weighted by Crippen LogP contribution is -1.93. The SMILES string of the molecule is c1ccc(-n2c3ccc(-c4ccc(-c5cc6ccccc6c6ccccc56)cc4)cc3c3cc(-c4ccc(-c5cc6ccccc6c6ccccc56)cc4)ccc32)cc1. The lowest BCUT2D eigenvalue weighted by atomic mass is 9.92. The smallest absolute Gasteiger partial charge is 0.0541 e. The van der Waals surface area contributed by atoms with Crippen molar-refractivity contribution in [3.63, 3.8) is 0 Å². The first kappa shape index (κ1) is 33.4. The number of aromatic nitrogens is 1. The predicted molar refractivity (Wildman–Crippen MR) is 253 cm³/mol. The summed E-state index contributed by atoms with van der Waals surface area (Å²) in [4.78, 5) is 0. The average molecular weight is 748 g/mol. The Morgan fingerprint density at radius 2 is 0.576 bits per heavy atom. The second-order valence-corrected chi connectivity index (χ2v) is 15.7. The molecule has 1 aromatic heterocycles. The van der Waals surface area contributed by atoms with Crippen molar-refractivity contribution in [1.29, 1.82) is 0 Å². The lowest BCUT2D eigenvalue weighted by Gasteiger charge is -2.12. The fourth-order valence-corrected chi connectivity index (χ4v) is 9.51. The number of hydrogen-bond acceptors (Lipinski definition) is 0. The molecule has 0 atom stereocenters. The fraction of sp³-hybridized carbons (Fsp3) is 0. The largest absolute Gasteiger partial charge is 0.309 e. The van der Waals surface area contributed by atoms with E-state index in [2.05, 4.69) is 229 Å². The summed E-state index contributed by atoms with van der Waals surface area (Å²) in [6.07, 6.45) is 0. The third kappa shape index (κ3) is 5.47. The van der Waals surface area contributed by atoms with Crippen molar-refractivity contribution in [3.8, 4) is 50.2 Å². The van der Waals surface area contributed by atoms with Gasteiger partial charge in [-0.1, -0.05) is 176 Å². The Bertz CT molecular complexity index is 3350. The maximum Gasteiger partial charge on any atom is 0.0541 e. The Balaban J connectivity index is 0.958. The second-order valence-electron chi connectivity index (χ2n) is 15.7. The maximum absolute atomic E-state index is 2.40. The number of nitrogens with zero attached hydrogens (tertiary/aromatic N) is 1. The molecule has 0 unspecified atom stereocenters. The van der Waals surface area contributed by atoms with Gasteiger partial charge in [0.2, 0.25) is 0 Å². The van der Waals surface area contributed by atoms with E-state index >= 15 is 0 Å². The summed E-state index contributed by atoms with van der Waals surface area (Å²) in [7, 11) is 0. The second kappa shape index (κ2) is 13.4. The van der Waals surface area contributed by atoms with Gasteiger partial charge in [0.15, 0.2) is 0 Å². The van der Waals surface area contributed by atoms with Crippen molar-refractivity contribution in [3.05, 3.63) is 224 Å². The van der Waals surface area contributed by atoms with Crippen molar-refractivity contribution in [2.75, 3.05) is 0 Å². The number of fused-ring (bicyclic) bond motifs is 9. The minimum atomic E-state index is 1.16. The van der Waals surface area contributed by atoms with Crippen LogP contribution < -0.4 is 0 Å². The first-order valence-electron chi connectivity index (χ1n) is 20.4. The normalized spacial score (nSPS) is 11.7. The highest BCUT2D eigenvalue weighted by molar-refractivity contribution is 6.15. The van der Waals surface area contributed by atoms with E-state index in [1.165, 1.54) is 109 Å². The number of benzene rings is 11. The molecule has 0 aliphatic carbocycles. The van der Waals surface area contributed by atoms with Gasteiger partial charge in [-0.15, -0.1) is 0 Å². The van der Waals surface area contributed by atoms with Crippen LogP contribution in [0.2, 0.25) is 0 Å². The van der Waals surface area contributed by atoms with Crippen LogP contribution in [0.1, 0.15) is 0 Å². The standard InChI is InChI=1S/C58H37N/c1-2-14-46(15-3-1)59-57-32-30-42(38-22-26-40(27-23-38)53-36-44-12-4-6-16-47(44)49-18-8-10-20-51(49)53)34-55(57)56-35-43(31-33-58(56)59)39-24-28-41(29-25-39)54-37-45-13-5-7-17-48(45)50-19-9-11-21-52(50)54/h1-37H. The Hall–Kier alpha value is -7.74. The van der Waals surface area contributed by atoms with Crippen LogP contribution in [0, 0.1) is 0 Å². The van der Waals surface area contributed by atoms with E-state index in [0.29, 0.717) is 0 Å². The highest BCUT2D eigenvalue weighted by atomic mass is 15.0. The molecular weight excluding hydrogens is 711 g/mol. The van der Waals surface area contributed by atoms with Gasteiger partial charge in [0, 0.05) is 16.5 Å². The van der Waals surface area contributed by atoms with Gasteiger partial charge in [0.25, 0.3) is 0 Å². The maximum atomic E-state index is 2.40. The van der Waals surface area contributed by atoms with Crippen LogP contribution in [0.4, 0.5) is 0 Å². The molecule has 0 amide bonds. The Labute approximate surface area is 342 Å². The molecule has 0 N–H and O–H groups in total. The van der Waals surface area contributed by atoms with Crippen LogP contribution in [0.3, 0.4) is 0 Å². The molecule has 0 fully saturated rings. The molecule has 11 aromatic carbocycles. The predicted octanol–water partition coefficient (Wildman–Crippen LogP) is 16.1. The molecule has 59 heavy (non-hydrogen) atoms. The van der Waals surface area contributed by atoms with Crippen LogP contribution >= 0.6 is 0 Å². The molecule has 0 radical (unpaired) electrons. The molecule has 0 bridgehead atoms. The van der Waals surface area contributed by atoms with Gasteiger partial charge in [-0.3, -0.25) is 0 Å². The molecule has 1 heterocycles. The quantitative estimate of drug-likeness (QED) is 0.155. The van der Waals surface area contributed by atoms with Crippen molar-refractivity contribution in [1.82, 2.24) is 4.57 Å². The van der Waals surface area contributed by atoms with Crippen molar-refractivity contribution < 1.29 is 0 Å². The summed E-state index contributed by atoms with van der Waals surface area (Å²) in [6, 6.07) is 82.5. The number of rotatable bonds is 5. The third-order valence-electron chi connectivity index (χ3n) is 12.4. The lowest BCUT2D eigenvalue weighted by molar-refractivity contribution is 1.18. The molecule has 0 saturated carbocycles. The first-order valence-corrected chi connectivity index (χ1v) is 20.4. The molecule has 1 heteroatoms. The van der Waals surface area contributed by atoms with E-state index in [4.69, 9.17) is 0 Å². The van der Waals surface area contributed by atoms with Crippen molar-refractivity contribution >= 4 is 64.9 Å². The summed E-state index contributed by atoms with van der Waals surface area (Å²) < 4.78 is 2.40. The average Bonchev–Trinajstić information content (AvgIpc) is 3.64. The molecule has 12 aromatic rings. The van der Waals surface area contributed by atoms with Gasteiger partial charge < -0.3 is 4.57 Å². The fourth-order valence-electron chi connectivity index (χ4n) is 9.51. The Morgan fingerprint density at radius 1 is 0.220 bits per heavy atom. The summed E-state index contributed by atoms with van der Waals surface area (Å²) in [5, 5.41) is 12.7. The van der Waals surface area contributed by atoms with Gasteiger partial charge in [0.1, 0.15) is 0 Å². The van der Waals surface area contributed by atoms with Gasteiger partial charge in [-0.25, -0.2) is 0 Å². The molecule has 1 nitrogen and oxygen atoms in total. The van der Waals surface area contributed by atoms with E-state index in [0.717, 1.165) is 5.69 Å². The van der Waals surface area contributed by atoms with Crippen LogP contribution in [0.25, 0.3) is 115 Å². The van der Waals surface area contributed by atoms with E-state index < -0.39 is 0 Å². The summed E-state index contributed by atoms with van der Waals surface area (Å²) >= 11 is 0. The molecule has 0 spiro atoms. The van der Waals surface area contributed by atoms with E-state index in [9.17, 15) is 0 Å². The topological polar surface area (TPSA) is 4.93 Å². The summed E-state index contributed by atoms with van der Waals surface area (Å²) in [5.41, 5.74) is 13.3. The van der Waals surface area contributed by atoms with E-state index in [1.54, 1.807) is 0 Å². The third-order valence-corrected chi connectivity index (χ3v) is 12.4. The van der Waals surface area contributed by atoms with Crippen LogP contribution in [0.5, 0.6) is 0 Å². The minimum absolute atomic E-state index is 1.16. The summed E-state index contributed by atoms with van der Waals surface area (Å²) in [5.74, 6) is 0. The van der Waals surface area contributed by atoms with Crippen LogP contribution in [-0.4, -0.2) is 4.57 Å². The summed E-state index contributed by atoms with van der Waals surface area (Å²) in [6.45, 7) is 0. The zero-order valence-corrected chi connectivity index (χ0v) is 32.3. The van der Waals surface area contributed by atoms with E-state index in [-0.39, 0.29) is 0 Å². The van der Waals surface area contributed by atoms with Gasteiger partial charge in [-0.05, 0) is 136 Å². The number of para-hydroxylation sites is 1. The van der Waals surface area contributed by atoms with Crippen molar-refractivity contribution in [2.45, 2.75) is 0 Å². The molecule has 0 aliphatic rings. The zero-order valence-electron chi connectivity index (χ0n) is 32.3. The zero-order chi connectivity index (χ0) is 38.9. The highest BCUT2D eigenvalue weighted by Gasteiger charge is 2.16. The van der Waals surface area contributed by atoms with Gasteiger partial charge in [-0.2, -0.15) is 0 Å². The minimum Gasteiger partial charge on any atom is -0.309 e. The van der Waals surface area contributed by atoms with Gasteiger partial charge in [0.05, 0.1) is 11.0 Å². The van der Waals surface area contributed by atoms with E-state index in [1.807, 2.05) is 0 Å². The van der Waals surface area contributed by atoms with Crippen LogP contribution in [-0.2, 0) is 0 Å². The monoisotopic (exact) mass is 747 g/mol. The Kier molecular flexibility index (Phi) is 7.61.